The summed E-state index contributed by atoms with van der Waals surface area (Å²) in [4.78, 5) is 11.5. The van der Waals surface area contributed by atoms with Gasteiger partial charge in [0, 0.05) is 12.6 Å². The summed E-state index contributed by atoms with van der Waals surface area (Å²) in [6.45, 7) is 5.69. The number of benzene rings is 1. The summed E-state index contributed by atoms with van der Waals surface area (Å²) in [6, 6.07) is 9.90. The number of nitrogens with one attached hydrogen (secondary N) is 2. The molecule has 0 aliphatic rings. The van der Waals surface area contributed by atoms with E-state index in [1.54, 1.807) is 0 Å². The fourth-order valence-corrected chi connectivity index (χ4v) is 1.79. The average Bonchev–Trinajstić information content (AvgIpc) is 2.39. The highest BCUT2D eigenvalue weighted by atomic mass is 16.5. The zero-order valence-electron chi connectivity index (χ0n) is 11.8. The molecule has 0 radical (unpaired) electrons. The highest BCUT2D eigenvalue weighted by Gasteiger charge is 2.05. The van der Waals surface area contributed by atoms with Gasteiger partial charge in [-0.3, -0.25) is 4.79 Å². The summed E-state index contributed by atoms with van der Waals surface area (Å²) in [5.74, 6) is 0.894. The molecule has 1 unspecified atom stereocenters. The number of para-hydroxylation sites is 1. The second kappa shape index (κ2) is 9.39. The second-order valence-electron chi connectivity index (χ2n) is 4.60. The molecular formula is C15H24N2O2. The summed E-state index contributed by atoms with van der Waals surface area (Å²) in [5.41, 5.74) is 0. The van der Waals surface area contributed by atoms with Gasteiger partial charge in [-0.05, 0) is 25.5 Å². The van der Waals surface area contributed by atoms with Crippen LogP contribution in [-0.4, -0.2) is 31.6 Å². The quantitative estimate of drug-likeness (QED) is 0.670. The van der Waals surface area contributed by atoms with Crippen molar-refractivity contribution < 1.29 is 9.53 Å². The number of hydrogen-bond acceptors (Lipinski definition) is 3. The Kier molecular flexibility index (Phi) is 7.66. The maximum atomic E-state index is 11.5. The highest BCUT2D eigenvalue weighted by molar-refractivity contribution is 5.78. The summed E-state index contributed by atoms with van der Waals surface area (Å²) in [6.07, 6.45) is 2.10. The summed E-state index contributed by atoms with van der Waals surface area (Å²) in [7, 11) is 0. The van der Waals surface area contributed by atoms with E-state index in [-0.39, 0.29) is 11.9 Å². The molecule has 1 atom stereocenters. The lowest BCUT2D eigenvalue weighted by Crippen LogP contribution is -2.39. The number of carbonyl (C=O) groups is 1. The van der Waals surface area contributed by atoms with Gasteiger partial charge in [-0.2, -0.15) is 0 Å². The van der Waals surface area contributed by atoms with Crippen LogP contribution in [0.3, 0.4) is 0 Å². The predicted octanol–water partition coefficient (Wildman–Crippen LogP) is 1.96. The SMILES string of the molecule is CCCC(C)NC(=O)CNCCOc1ccccc1. The van der Waals surface area contributed by atoms with Gasteiger partial charge in [0.25, 0.3) is 0 Å². The van der Waals surface area contributed by atoms with Crippen molar-refractivity contribution in [3.05, 3.63) is 30.3 Å². The zero-order chi connectivity index (χ0) is 13.9. The molecule has 0 bridgehead atoms. The van der Waals surface area contributed by atoms with Crippen molar-refractivity contribution in [3.63, 3.8) is 0 Å². The van der Waals surface area contributed by atoms with Crippen LogP contribution in [0.4, 0.5) is 0 Å². The van der Waals surface area contributed by atoms with Gasteiger partial charge >= 0.3 is 0 Å². The largest absolute Gasteiger partial charge is 0.492 e. The fourth-order valence-electron chi connectivity index (χ4n) is 1.79. The first-order chi connectivity index (χ1) is 9.22. The molecule has 19 heavy (non-hydrogen) atoms. The van der Waals surface area contributed by atoms with Crippen LogP contribution in [0.25, 0.3) is 0 Å². The lowest BCUT2D eigenvalue weighted by atomic mass is 10.2. The first-order valence-corrected chi connectivity index (χ1v) is 6.90. The van der Waals surface area contributed by atoms with Crippen LogP contribution in [0.1, 0.15) is 26.7 Å². The van der Waals surface area contributed by atoms with E-state index < -0.39 is 0 Å². The van der Waals surface area contributed by atoms with Crippen molar-refractivity contribution in [2.45, 2.75) is 32.7 Å². The van der Waals surface area contributed by atoms with Crippen LogP contribution < -0.4 is 15.4 Å². The molecule has 1 aromatic carbocycles. The minimum Gasteiger partial charge on any atom is -0.492 e. The lowest BCUT2D eigenvalue weighted by Gasteiger charge is -2.13. The molecule has 0 saturated carbocycles. The number of rotatable bonds is 9. The van der Waals surface area contributed by atoms with Crippen molar-refractivity contribution in [2.75, 3.05) is 19.7 Å². The summed E-state index contributed by atoms with van der Waals surface area (Å²) in [5, 5.41) is 6.01. The van der Waals surface area contributed by atoms with Gasteiger partial charge in [-0.1, -0.05) is 31.5 Å². The number of amides is 1. The van der Waals surface area contributed by atoms with Crippen LogP contribution in [0, 0.1) is 0 Å². The Labute approximate surface area is 115 Å². The van der Waals surface area contributed by atoms with Crippen molar-refractivity contribution >= 4 is 5.91 Å². The molecule has 0 aliphatic carbocycles. The first kappa shape index (κ1) is 15.5. The minimum atomic E-state index is 0.0423. The van der Waals surface area contributed by atoms with Gasteiger partial charge in [0.15, 0.2) is 0 Å². The molecule has 1 amide bonds. The Bertz CT molecular complexity index is 354. The van der Waals surface area contributed by atoms with E-state index in [4.69, 9.17) is 4.74 Å². The van der Waals surface area contributed by atoms with Crippen LogP contribution >= 0.6 is 0 Å². The number of hydrogen-bond donors (Lipinski definition) is 2. The van der Waals surface area contributed by atoms with E-state index in [0.29, 0.717) is 19.7 Å². The Morgan fingerprint density at radius 1 is 1.32 bits per heavy atom. The Balaban J connectivity index is 2.03. The lowest BCUT2D eigenvalue weighted by molar-refractivity contribution is -0.120. The zero-order valence-corrected chi connectivity index (χ0v) is 11.8. The smallest absolute Gasteiger partial charge is 0.234 e. The van der Waals surface area contributed by atoms with E-state index in [1.807, 2.05) is 37.3 Å². The molecule has 0 fully saturated rings. The third-order valence-electron chi connectivity index (χ3n) is 2.71. The van der Waals surface area contributed by atoms with Gasteiger partial charge in [0.2, 0.25) is 5.91 Å². The molecule has 0 aliphatic heterocycles. The average molecular weight is 264 g/mol. The van der Waals surface area contributed by atoms with Gasteiger partial charge in [0.1, 0.15) is 12.4 Å². The Hall–Kier alpha value is -1.55. The topological polar surface area (TPSA) is 50.4 Å². The van der Waals surface area contributed by atoms with Gasteiger partial charge in [0.05, 0.1) is 6.54 Å². The molecule has 4 nitrogen and oxygen atoms in total. The maximum Gasteiger partial charge on any atom is 0.234 e. The van der Waals surface area contributed by atoms with Crippen molar-refractivity contribution in [3.8, 4) is 5.75 Å². The fraction of sp³-hybridized carbons (Fsp3) is 0.533. The van der Waals surface area contributed by atoms with Crippen LogP contribution in [0.15, 0.2) is 30.3 Å². The van der Waals surface area contributed by atoms with Crippen LogP contribution in [-0.2, 0) is 4.79 Å². The third-order valence-corrected chi connectivity index (χ3v) is 2.71. The summed E-state index contributed by atoms with van der Waals surface area (Å²) < 4.78 is 5.51. The van der Waals surface area contributed by atoms with Crippen molar-refractivity contribution in [1.29, 1.82) is 0 Å². The normalized spacial score (nSPS) is 11.9. The van der Waals surface area contributed by atoms with Gasteiger partial charge in [-0.25, -0.2) is 0 Å². The molecule has 0 aromatic heterocycles. The molecular weight excluding hydrogens is 240 g/mol. The molecule has 4 heteroatoms. The number of ether oxygens (including phenoxy) is 1. The molecule has 1 aromatic rings. The van der Waals surface area contributed by atoms with E-state index in [0.717, 1.165) is 18.6 Å². The van der Waals surface area contributed by atoms with E-state index in [2.05, 4.69) is 17.6 Å². The van der Waals surface area contributed by atoms with Gasteiger partial charge in [-0.15, -0.1) is 0 Å². The van der Waals surface area contributed by atoms with Crippen molar-refractivity contribution in [2.24, 2.45) is 0 Å². The highest BCUT2D eigenvalue weighted by Crippen LogP contribution is 2.07. The Morgan fingerprint density at radius 2 is 2.05 bits per heavy atom. The van der Waals surface area contributed by atoms with Crippen LogP contribution in [0.5, 0.6) is 5.75 Å². The maximum absolute atomic E-state index is 11.5. The first-order valence-electron chi connectivity index (χ1n) is 6.90. The van der Waals surface area contributed by atoms with E-state index >= 15 is 0 Å². The minimum absolute atomic E-state index is 0.0423. The Morgan fingerprint density at radius 3 is 2.74 bits per heavy atom. The third kappa shape index (κ3) is 7.47. The predicted molar refractivity (Wildman–Crippen MR) is 77.3 cm³/mol. The van der Waals surface area contributed by atoms with E-state index in [1.165, 1.54) is 0 Å². The van der Waals surface area contributed by atoms with Crippen molar-refractivity contribution in [1.82, 2.24) is 10.6 Å². The molecule has 0 heterocycles. The van der Waals surface area contributed by atoms with Gasteiger partial charge < -0.3 is 15.4 Å². The number of carbonyl (C=O) groups excluding carboxylic acids is 1. The monoisotopic (exact) mass is 264 g/mol. The molecule has 0 spiro atoms. The molecule has 0 saturated heterocycles. The molecule has 106 valence electrons. The summed E-state index contributed by atoms with van der Waals surface area (Å²) >= 11 is 0. The van der Waals surface area contributed by atoms with E-state index in [9.17, 15) is 4.79 Å². The second-order valence-corrected chi connectivity index (χ2v) is 4.60. The standard InChI is InChI=1S/C15H24N2O2/c1-3-7-13(2)17-15(18)12-16-10-11-19-14-8-5-4-6-9-14/h4-6,8-9,13,16H,3,7,10-12H2,1-2H3,(H,17,18). The molecule has 1 rings (SSSR count). The van der Waals surface area contributed by atoms with Crippen LogP contribution in [0.2, 0.25) is 0 Å². The molecule has 2 N–H and O–H groups in total.